The van der Waals surface area contributed by atoms with Gasteiger partial charge in [-0.1, -0.05) is 41.9 Å². The Hall–Kier alpha value is -1.51. The van der Waals surface area contributed by atoms with Crippen molar-refractivity contribution in [1.29, 1.82) is 0 Å². The van der Waals surface area contributed by atoms with Crippen molar-refractivity contribution in [2.24, 2.45) is 5.73 Å². The summed E-state index contributed by atoms with van der Waals surface area (Å²) in [5.41, 5.74) is 7.65. The normalized spacial score (nSPS) is 12.4. The Kier molecular flexibility index (Phi) is 3.13. The van der Waals surface area contributed by atoms with Gasteiger partial charge in [-0.25, -0.2) is 0 Å². The number of benzene rings is 2. The van der Waals surface area contributed by atoms with Crippen molar-refractivity contribution in [3.8, 4) is 5.75 Å². The molecule has 3 N–H and O–H groups in total. The largest absolute Gasteiger partial charge is 0.508 e. The molecule has 1 atom stereocenters. The Morgan fingerprint density at radius 3 is 2.44 bits per heavy atom. The van der Waals surface area contributed by atoms with E-state index in [0.717, 1.165) is 5.56 Å². The van der Waals surface area contributed by atoms with Gasteiger partial charge in [0.25, 0.3) is 0 Å². The fourth-order valence-electron chi connectivity index (χ4n) is 1.61. The highest BCUT2D eigenvalue weighted by Crippen LogP contribution is 2.29. The summed E-state index contributed by atoms with van der Waals surface area (Å²) in [7, 11) is 0. The summed E-state index contributed by atoms with van der Waals surface area (Å²) in [4.78, 5) is 0. The zero-order valence-corrected chi connectivity index (χ0v) is 9.35. The number of phenolic OH excluding ortho intramolecular Hbond substituents is 1. The average molecular weight is 234 g/mol. The third-order valence-corrected chi connectivity index (χ3v) is 2.72. The summed E-state index contributed by atoms with van der Waals surface area (Å²) >= 11 is 5.88. The smallest absolute Gasteiger partial charge is 0.120 e. The molecule has 0 aliphatic heterocycles. The summed E-state index contributed by atoms with van der Waals surface area (Å²) in [5.74, 6) is 0.167. The standard InChI is InChI=1S/C13H12ClNO/c14-10-6-7-12(16)11(8-10)13(15)9-4-2-1-3-5-9/h1-8,13,16H,15H2/t13-/m0/s1. The number of hydrogen-bond donors (Lipinski definition) is 2. The van der Waals surface area contributed by atoms with Gasteiger partial charge in [-0.15, -0.1) is 0 Å². The van der Waals surface area contributed by atoms with Crippen LogP contribution in [0.1, 0.15) is 17.2 Å². The molecule has 0 aliphatic carbocycles. The lowest BCUT2D eigenvalue weighted by Crippen LogP contribution is -2.11. The van der Waals surface area contributed by atoms with Gasteiger partial charge in [0.05, 0.1) is 6.04 Å². The molecule has 2 nitrogen and oxygen atoms in total. The van der Waals surface area contributed by atoms with Crippen molar-refractivity contribution in [1.82, 2.24) is 0 Å². The Labute approximate surface area is 99.3 Å². The molecule has 2 rings (SSSR count). The van der Waals surface area contributed by atoms with Gasteiger partial charge in [-0.2, -0.15) is 0 Å². The zero-order chi connectivity index (χ0) is 11.5. The van der Waals surface area contributed by atoms with Crippen LogP contribution in [0.2, 0.25) is 5.02 Å². The molecule has 0 saturated carbocycles. The van der Waals surface area contributed by atoms with E-state index in [2.05, 4.69) is 0 Å². The number of phenols is 1. The molecule has 0 spiro atoms. The first-order valence-electron chi connectivity index (χ1n) is 4.97. The molecule has 0 saturated heterocycles. The zero-order valence-electron chi connectivity index (χ0n) is 8.60. The van der Waals surface area contributed by atoms with Crippen LogP contribution in [0.4, 0.5) is 0 Å². The van der Waals surface area contributed by atoms with E-state index in [1.165, 1.54) is 0 Å². The molecular formula is C13H12ClNO. The summed E-state index contributed by atoms with van der Waals surface area (Å²) in [6, 6.07) is 14.1. The predicted molar refractivity (Wildman–Crippen MR) is 65.6 cm³/mol. The van der Waals surface area contributed by atoms with E-state index in [-0.39, 0.29) is 11.8 Å². The van der Waals surface area contributed by atoms with E-state index in [1.807, 2.05) is 30.3 Å². The van der Waals surface area contributed by atoms with Crippen molar-refractivity contribution in [2.75, 3.05) is 0 Å². The monoisotopic (exact) mass is 233 g/mol. The molecule has 0 aromatic heterocycles. The molecule has 0 aliphatic rings. The van der Waals surface area contributed by atoms with Crippen LogP contribution in [0.5, 0.6) is 5.75 Å². The maximum Gasteiger partial charge on any atom is 0.120 e. The number of halogens is 1. The van der Waals surface area contributed by atoms with Crippen molar-refractivity contribution < 1.29 is 5.11 Å². The molecule has 3 heteroatoms. The fourth-order valence-corrected chi connectivity index (χ4v) is 1.79. The minimum atomic E-state index is -0.361. The van der Waals surface area contributed by atoms with Gasteiger partial charge in [-0.3, -0.25) is 0 Å². The van der Waals surface area contributed by atoms with E-state index in [4.69, 9.17) is 17.3 Å². The van der Waals surface area contributed by atoms with Crippen LogP contribution in [-0.4, -0.2) is 5.11 Å². The van der Waals surface area contributed by atoms with Gasteiger partial charge in [0, 0.05) is 10.6 Å². The summed E-state index contributed by atoms with van der Waals surface area (Å²) in [6.07, 6.45) is 0. The van der Waals surface area contributed by atoms with Crippen molar-refractivity contribution in [2.45, 2.75) is 6.04 Å². The number of hydrogen-bond acceptors (Lipinski definition) is 2. The van der Waals surface area contributed by atoms with Crippen LogP contribution in [0.25, 0.3) is 0 Å². The highest BCUT2D eigenvalue weighted by atomic mass is 35.5. The second-order valence-corrected chi connectivity index (χ2v) is 4.03. The molecule has 0 unspecified atom stereocenters. The lowest BCUT2D eigenvalue weighted by atomic mass is 9.99. The molecule has 16 heavy (non-hydrogen) atoms. The average Bonchev–Trinajstić information content (AvgIpc) is 2.32. The first kappa shape index (κ1) is 11.0. The van der Waals surface area contributed by atoms with Gasteiger partial charge < -0.3 is 10.8 Å². The minimum Gasteiger partial charge on any atom is -0.508 e. The Morgan fingerprint density at radius 2 is 1.75 bits per heavy atom. The third-order valence-electron chi connectivity index (χ3n) is 2.48. The first-order valence-corrected chi connectivity index (χ1v) is 5.35. The molecule has 0 fully saturated rings. The van der Waals surface area contributed by atoms with Gasteiger partial charge in [0.2, 0.25) is 0 Å². The van der Waals surface area contributed by atoms with Crippen molar-refractivity contribution in [3.63, 3.8) is 0 Å². The quantitative estimate of drug-likeness (QED) is 0.837. The maximum atomic E-state index is 9.73. The molecule has 82 valence electrons. The lowest BCUT2D eigenvalue weighted by molar-refractivity contribution is 0.465. The van der Waals surface area contributed by atoms with Crippen LogP contribution in [0, 0.1) is 0 Å². The summed E-state index contributed by atoms with van der Waals surface area (Å²) < 4.78 is 0. The topological polar surface area (TPSA) is 46.2 Å². The van der Waals surface area contributed by atoms with Gasteiger partial charge in [0.15, 0.2) is 0 Å². The third kappa shape index (κ3) is 2.18. The molecule has 2 aromatic carbocycles. The lowest BCUT2D eigenvalue weighted by Gasteiger charge is -2.14. The number of aromatic hydroxyl groups is 1. The van der Waals surface area contributed by atoms with Crippen LogP contribution < -0.4 is 5.73 Å². The van der Waals surface area contributed by atoms with Gasteiger partial charge >= 0.3 is 0 Å². The highest BCUT2D eigenvalue weighted by Gasteiger charge is 2.12. The Bertz CT molecular complexity index is 485. The molecular weight excluding hydrogens is 222 g/mol. The Morgan fingerprint density at radius 1 is 1.06 bits per heavy atom. The first-order chi connectivity index (χ1) is 7.68. The van der Waals surface area contributed by atoms with Gasteiger partial charge in [0.1, 0.15) is 5.75 Å². The van der Waals surface area contributed by atoms with Crippen LogP contribution in [0.3, 0.4) is 0 Å². The van der Waals surface area contributed by atoms with E-state index >= 15 is 0 Å². The number of nitrogens with two attached hydrogens (primary N) is 1. The number of rotatable bonds is 2. The Balaban J connectivity index is 2.41. The van der Waals surface area contributed by atoms with E-state index in [0.29, 0.717) is 10.6 Å². The van der Waals surface area contributed by atoms with E-state index in [9.17, 15) is 5.11 Å². The molecule has 0 amide bonds. The fraction of sp³-hybridized carbons (Fsp3) is 0.0769. The van der Waals surface area contributed by atoms with Crippen molar-refractivity contribution >= 4 is 11.6 Å². The second kappa shape index (κ2) is 4.56. The van der Waals surface area contributed by atoms with Gasteiger partial charge in [-0.05, 0) is 23.8 Å². The predicted octanol–water partition coefficient (Wildman–Crippen LogP) is 3.09. The minimum absolute atomic E-state index is 0.167. The second-order valence-electron chi connectivity index (χ2n) is 3.59. The van der Waals surface area contributed by atoms with Crippen molar-refractivity contribution in [3.05, 3.63) is 64.7 Å². The van der Waals surface area contributed by atoms with E-state index in [1.54, 1.807) is 18.2 Å². The maximum absolute atomic E-state index is 9.73. The van der Waals surface area contributed by atoms with Crippen LogP contribution >= 0.6 is 11.6 Å². The molecule has 0 radical (unpaired) electrons. The van der Waals surface area contributed by atoms with Crippen LogP contribution in [0.15, 0.2) is 48.5 Å². The van der Waals surface area contributed by atoms with E-state index < -0.39 is 0 Å². The summed E-state index contributed by atoms with van der Waals surface area (Å²) in [5, 5.41) is 10.3. The summed E-state index contributed by atoms with van der Waals surface area (Å²) in [6.45, 7) is 0. The van der Waals surface area contributed by atoms with Crippen LogP contribution in [-0.2, 0) is 0 Å². The SMILES string of the molecule is N[C@@H](c1ccccc1)c1cc(Cl)ccc1O. The molecule has 2 aromatic rings. The molecule has 0 bridgehead atoms. The highest BCUT2D eigenvalue weighted by molar-refractivity contribution is 6.30. The molecule has 0 heterocycles.